The molecule has 1 unspecified atom stereocenters. The van der Waals surface area contributed by atoms with E-state index < -0.39 is 0 Å². The van der Waals surface area contributed by atoms with E-state index in [-0.39, 0.29) is 6.10 Å². The number of fused-ring (bicyclic) bond motifs is 2. The van der Waals surface area contributed by atoms with Gasteiger partial charge in [0.1, 0.15) is 6.61 Å². The van der Waals surface area contributed by atoms with Crippen LogP contribution >= 0.6 is 0 Å². The predicted octanol–water partition coefficient (Wildman–Crippen LogP) is 3.68. The number of H-pyrrole nitrogens is 1. The van der Waals surface area contributed by atoms with E-state index in [9.17, 15) is 0 Å². The Labute approximate surface area is 110 Å². The lowest BCUT2D eigenvalue weighted by Gasteiger charge is -2.26. The molecule has 0 spiro atoms. The second-order valence-corrected chi connectivity index (χ2v) is 4.65. The first kappa shape index (κ1) is 10.5. The van der Waals surface area contributed by atoms with Crippen LogP contribution < -0.4 is 9.47 Å². The van der Waals surface area contributed by atoms with E-state index in [1.54, 1.807) is 0 Å². The normalized spacial score (nSPS) is 17.6. The Kier molecular flexibility index (Phi) is 2.24. The minimum absolute atomic E-state index is 0.0638. The van der Waals surface area contributed by atoms with Crippen LogP contribution in [0.4, 0.5) is 0 Å². The molecule has 2 aromatic carbocycles. The second kappa shape index (κ2) is 4.05. The van der Waals surface area contributed by atoms with Gasteiger partial charge in [-0.25, -0.2) is 0 Å². The molecule has 0 amide bonds. The number of benzene rings is 2. The average Bonchev–Trinajstić information content (AvgIpc) is 2.91. The highest BCUT2D eigenvalue weighted by Gasteiger charge is 2.24. The van der Waals surface area contributed by atoms with Crippen LogP contribution in [0.5, 0.6) is 11.5 Å². The summed E-state index contributed by atoms with van der Waals surface area (Å²) in [7, 11) is 0. The van der Waals surface area contributed by atoms with Gasteiger partial charge in [-0.05, 0) is 18.2 Å². The third-order valence-electron chi connectivity index (χ3n) is 3.48. The van der Waals surface area contributed by atoms with Crippen LogP contribution in [0.1, 0.15) is 11.7 Å². The van der Waals surface area contributed by atoms with Crippen LogP contribution in [0.2, 0.25) is 0 Å². The van der Waals surface area contributed by atoms with Crippen LogP contribution in [0.3, 0.4) is 0 Å². The molecule has 3 nitrogen and oxygen atoms in total. The highest BCUT2D eigenvalue weighted by atomic mass is 16.6. The number of ether oxygens (including phenoxy) is 2. The molecular weight excluding hydrogens is 238 g/mol. The Hall–Kier alpha value is -2.42. The van der Waals surface area contributed by atoms with Crippen molar-refractivity contribution in [1.29, 1.82) is 0 Å². The minimum atomic E-state index is -0.0638. The zero-order valence-corrected chi connectivity index (χ0v) is 10.3. The molecule has 0 radical (unpaired) electrons. The summed E-state index contributed by atoms with van der Waals surface area (Å²) in [5.41, 5.74) is 2.27. The number of para-hydroxylation sites is 3. The molecule has 1 atom stereocenters. The highest BCUT2D eigenvalue weighted by molar-refractivity contribution is 5.83. The summed E-state index contributed by atoms with van der Waals surface area (Å²) in [5.74, 6) is 1.63. The Balaban J connectivity index is 1.75. The molecule has 0 saturated heterocycles. The molecular formula is C16H13NO2. The van der Waals surface area contributed by atoms with Crippen molar-refractivity contribution in [3.8, 4) is 11.5 Å². The summed E-state index contributed by atoms with van der Waals surface area (Å²) in [6.45, 7) is 0.541. The summed E-state index contributed by atoms with van der Waals surface area (Å²) in [4.78, 5) is 3.27. The smallest absolute Gasteiger partial charge is 0.162 e. The number of hydrogen-bond acceptors (Lipinski definition) is 2. The SMILES string of the molecule is c1ccc2c(c1)OCC(c1c[nH]c3ccccc13)O2. The lowest BCUT2D eigenvalue weighted by molar-refractivity contribution is 0.0923. The van der Waals surface area contributed by atoms with Crippen molar-refractivity contribution in [2.45, 2.75) is 6.10 Å². The van der Waals surface area contributed by atoms with E-state index in [0.717, 1.165) is 22.6 Å². The molecule has 3 heteroatoms. The fourth-order valence-corrected chi connectivity index (χ4v) is 2.53. The number of aromatic amines is 1. The first-order valence-electron chi connectivity index (χ1n) is 6.36. The molecule has 1 aliphatic heterocycles. The van der Waals surface area contributed by atoms with Gasteiger partial charge in [-0.15, -0.1) is 0 Å². The maximum atomic E-state index is 6.04. The van der Waals surface area contributed by atoms with Gasteiger partial charge in [0, 0.05) is 22.7 Å². The summed E-state index contributed by atoms with van der Waals surface area (Å²) in [6, 6.07) is 16.0. The highest BCUT2D eigenvalue weighted by Crippen LogP contribution is 2.37. The van der Waals surface area contributed by atoms with E-state index in [1.165, 1.54) is 5.39 Å². The van der Waals surface area contributed by atoms with Crippen molar-refractivity contribution in [3.05, 3.63) is 60.3 Å². The summed E-state index contributed by atoms with van der Waals surface area (Å²) < 4.78 is 11.8. The zero-order valence-electron chi connectivity index (χ0n) is 10.3. The maximum absolute atomic E-state index is 6.04. The first-order chi connectivity index (χ1) is 9.42. The quantitative estimate of drug-likeness (QED) is 0.715. The lowest BCUT2D eigenvalue weighted by atomic mass is 10.1. The topological polar surface area (TPSA) is 34.2 Å². The van der Waals surface area contributed by atoms with Crippen LogP contribution in [0.15, 0.2) is 54.7 Å². The summed E-state index contributed by atoms with van der Waals surface area (Å²) >= 11 is 0. The molecule has 1 aliphatic rings. The first-order valence-corrected chi connectivity index (χ1v) is 6.36. The third kappa shape index (κ3) is 1.66. The fraction of sp³-hybridized carbons (Fsp3) is 0.125. The van der Waals surface area contributed by atoms with E-state index in [2.05, 4.69) is 17.1 Å². The predicted molar refractivity (Wildman–Crippen MR) is 73.6 cm³/mol. The van der Waals surface area contributed by atoms with Crippen molar-refractivity contribution >= 4 is 10.9 Å². The Morgan fingerprint density at radius 1 is 0.947 bits per heavy atom. The average molecular weight is 251 g/mol. The van der Waals surface area contributed by atoms with E-state index >= 15 is 0 Å². The molecule has 0 saturated carbocycles. The molecule has 94 valence electrons. The molecule has 0 bridgehead atoms. The number of nitrogens with one attached hydrogen (secondary N) is 1. The van der Waals surface area contributed by atoms with Crippen LogP contribution in [-0.4, -0.2) is 11.6 Å². The van der Waals surface area contributed by atoms with Crippen molar-refractivity contribution in [2.24, 2.45) is 0 Å². The van der Waals surface area contributed by atoms with Gasteiger partial charge in [-0.3, -0.25) is 0 Å². The van der Waals surface area contributed by atoms with Gasteiger partial charge in [0.25, 0.3) is 0 Å². The van der Waals surface area contributed by atoms with Crippen molar-refractivity contribution in [2.75, 3.05) is 6.61 Å². The maximum Gasteiger partial charge on any atom is 0.162 e. The van der Waals surface area contributed by atoms with Crippen molar-refractivity contribution in [1.82, 2.24) is 4.98 Å². The Bertz CT molecular complexity index is 732. The van der Waals surface area contributed by atoms with Crippen molar-refractivity contribution < 1.29 is 9.47 Å². The van der Waals surface area contributed by atoms with Crippen molar-refractivity contribution in [3.63, 3.8) is 0 Å². The molecule has 1 N–H and O–H groups in total. The molecule has 1 aromatic heterocycles. The van der Waals surface area contributed by atoms with Crippen LogP contribution in [-0.2, 0) is 0 Å². The fourth-order valence-electron chi connectivity index (χ4n) is 2.53. The molecule has 4 rings (SSSR count). The molecule has 0 fully saturated rings. The molecule has 0 aliphatic carbocycles. The van der Waals surface area contributed by atoms with Gasteiger partial charge in [-0.1, -0.05) is 30.3 Å². The van der Waals surface area contributed by atoms with Crippen LogP contribution in [0, 0.1) is 0 Å². The standard InChI is InChI=1S/C16H13NO2/c1-2-6-13-11(5-1)12(9-17-13)16-10-18-14-7-3-4-8-15(14)19-16/h1-9,16-17H,10H2. The lowest BCUT2D eigenvalue weighted by Crippen LogP contribution is -2.21. The van der Waals surface area contributed by atoms with E-state index in [4.69, 9.17) is 9.47 Å². The largest absolute Gasteiger partial charge is 0.485 e. The molecule has 3 aromatic rings. The van der Waals surface area contributed by atoms with E-state index in [0.29, 0.717) is 6.61 Å². The van der Waals surface area contributed by atoms with Gasteiger partial charge < -0.3 is 14.5 Å². The van der Waals surface area contributed by atoms with Gasteiger partial charge in [-0.2, -0.15) is 0 Å². The number of aromatic nitrogens is 1. The Morgan fingerprint density at radius 2 is 1.74 bits per heavy atom. The zero-order chi connectivity index (χ0) is 12.7. The Morgan fingerprint density at radius 3 is 2.68 bits per heavy atom. The minimum Gasteiger partial charge on any atom is -0.485 e. The van der Waals surface area contributed by atoms with Gasteiger partial charge in [0.2, 0.25) is 0 Å². The molecule has 2 heterocycles. The number of hydrogen-bond donors (Lipinski definition) is 1. The second-order valence-electron chi connectivity index (χ2n) is 4.65. The van der Waals surface area contributed by atoms with Gasteiger partial charge in [0.15, 0.2) is 17.6 Å². The van der Waals surface area contributed by atoms with Gasteiger partial charge in [0.05, 0.1) is 0 Å². The summed E-state index contributed by atoms with van der Waals surface area (Å²) in [5, 5.41) is 1.19. The summed E-state index contributed by atoms with van der Waals surface area (Å²) in [6.07, 6.45) is 1.94. The van der Waals surface area contributed by atoms with Gasteiger partial charge >= 0.3 is 0 Å². The molecule has 19 heavy (non-hydrogen) atoms. The van der Waals surface area contributed by atoms with E-state index in [1.807, 2.05) is 42.6 Å². The monoisotopic (exact) mass is 251 g/mol. The number of rotatable bonds is 1. The van der Waals surface area contributed by atoms with Crippen LogP contribution in [0.25, 0.3) is 10.9 Å². The third-order valence-corrected chi connectivity index (χ3v) is 3.48.